The molecule has 2 heteroatoms. The second-order valence-corrected chi connectivity index (χ2v) is 5.79. The summed E-state index contributed by atoms with van der Waals surface area (Å²) in [4.78, 5) is 9.66. The quantitative estimate of drug-likeness (QED) is 0.658. The van der Waals surface area contributed by atoms with E-state index in [0.717, 1.165) is 28.3 Å². The molecule has 0 amide bonds. The van der Waals surface area contributed by atoms with Crippen molar-refractivity contribution < 1.29 is 0 Å². The van der Waals surface area contributed by atoms with Crippen LogP contribution in [0.2, 0.25) is 0 Å². The van der Waals surface area contributed by atoms with Gasteiger partial charge >= 0.3 is 0 Å². The molecule has 3 aromatic rings. The van der Waals surface area contributed by atoms with Gasteiger partial charge in [0.2, 0.25) is 0 Å². The molecule has 0 radical (unpaired) electrons. The largest absolute Gasteiger partial charge is 0.232 e. The van der Waals surface area contributed by atoms with Gasteiger partial charge in [0.25, 0.3) is 0 Å². The normalized spacial score (nSPS) is 10.9. The van der Waals surface area contributed by atoms with Gasteiger partial charge in [-0.05, 0) is 18.4 Å². The summed E-state index contributed by atoms with van der Waals surface area (Å²) >= 11 is 0. The van der Waals surface area contributed by atoms with E-state index in [2.05, 4.69) is 45.0 Å². The summed E-state index contributed by atoms with van der Waals surface area (Å²) in [5.41, 5.74) is 5.51. The molecule has 0 atom stereocenters. The fourth-order valence-corrected chi connectivity index (χ4v) is 2.69. The number of rotatable bonds is 3. The standard InChI is InChI=1S/C20H20N2/c1-14(2)18-15(3)19(16-10-6-4-7-11-16)22-20(21-18)17-12-8-5-9-13-17/h4-14H,1-3H3. The Kier molecular flexibility index (Phi) is 4.01. The summed E-state index contributed by atoms with van der Waals surface area (Å²) in [6.45, 7) is 6.48. The summed E-state index contributed by atoms with van der Waals surface area (Å²) in [5.74, 6) is 1.17. The van der Waals surface area contributed by atoms with Gasteiger partial charge in [0.15, 0.2) is 5.82 Å². The lowest BCUT2D eigenvalue weighted by Gasteiger charge is -2.15. The lowest BCUT2D eigenvalue weighted by Crippen LogP contribution is -2.04. The summed E-state index contributed by atoms with van der Waals surface area (Å²) < 4.78 is 0. The molecule has 0 saturated carbocycles. The van der Waals surface area contributed by atoms with Gasteiger partial charge in [0, 0.05) is 11.1 Å². The van der Waals surface area contributed by atoms with Gasteiger partial charge in [-0.2, -0.15) is 0 Å². The molecule has 3 rings (SSSR count). The van der Waals surface area contributed by atoms with Crippen LogP contribution >= 0.6 is 0 Å². The van der Waals surface area contributed by atoms with Gasteiger partial charge in [-0.25, -0.2) is 9.97 Å². The van der Waals surface area contributed by atoms with Crippen LogP contribution in [0.15, 0.2) is 60.7 Å². The van der Waals surface area contributed by atoms with Crippen molar-refractivity contribution in [2.24, 2.45) is 0 Å². The average Bonchev–Trinajstić information content (AvgIpc) is 2.56. The maximum Gasteiger partial charge on any atom is 0.160 e. The molecule has 0 bridgehead atoms. The monoisotopic (exact) mass is 288 g/mol. The Balaban J connectivity index is 2.24. The van der Waals surface area contributed by atoms with Crippen LogP contribution in [0.1, 0.15) is 31.0 Å². The first-order chi connectivity index (χ1) is 10.7. The lowest BCUT2D eigenvalue weighted by molar-refractivity contribution is 0.806. The molecule has 1 heterocycles. The predicted octanol–water partition coefficient (Wildman–Crippen LogP) is 5.24. The van der Waals surface area contributed by atoms with Crippen molar-refractivity contribution in [3.63, 3.8) is 0 Å². The zero-order chi connectivity index (χ0) is 15.5. The van der Waals surface area contributed by atoms with Crippen LogP contribution in [-0.4, -0.2) is 9.97 Å². The van der Waals surface area contributed by atoms with E-state index in [1.54, 1.807) is 0 Å². The number of aromatic nitrogens is 2. The van der Waals surface area contributed by atoms with Crippen LogP contribution in [0.3, 0.4) is 0 Å². The lowest BCUT2D eigenvalue weighted by atomic mass is 9.99. The van der Waals surface area contributed by atoms with Crippen molar-refractivity contribution in [2.75, 3.05) is 0 Å². The van der Waals surface area contributed by atoms with E-state index in [0.29, 0.717) is 5.92 Å². The third-order valence-electron chi connectivity index (χ3n) is 3.81. The molecular weight excluding hydrogens is 268 g/mol. The first kappa shape index (κ1) is 14.5. The molecular formula is C20H20N2. The van der Waals surface area contributed by atoms with Crippen molar-refractivity contribution >= 4 is 0 Å². The average molecular weight is 288 g/mol. The van der Waals surface area contributed by atoms with E-state index in [-0.39, 0.29) is 0 Å². The Bertz CT molecular complexity index is 762. The number of nitrogens with zero attached hydrogens (tertiary/aromatic N) is 2. The Morgan fingerprint density at radius 1 is 0.727 bits per heavy atom. The van der Waals surface area contributed by atoms with Crippen LogP contribution < -0.4 is 0 Å². The van der Waals surface area contributed by atoms with Crippen molar-refractivity contribution in [3.05, 3.63) is 71.9 Å². The van der Waals surface area contributed by atoms with Crippen LogP contribution in [-0.2, 0) is 0 Å². The third kappa shape index (κ3) is 2.77. The molecule has 0 fully saturated rings. The Morgan fingerprint density at radius 2 is 1.27 bits per heavy atom. The highest BCUT2D eigenvalue weighted by Gasteiger charge is 2.15. The van der Waals surface area contributed by atoms with Crippen molar-refractivity contribution in [1.29, 1.82) is 0 Å². The molecule has 2 aromatic carbocycles. The van der Waals surface area contributed by atoms with E-state index >= 15 is 0 Å². The third-order valence-corrected chi connectivity index (χ3v) is 3.81. The molecule has 1 aromatic heterocycles. The summed E-state index contributed by atoms with van der Waals surface area (Å²) in [6, 6.07) is 20.5. The molecule has 0 unspecified atom stereocenters. The van der Waals surface area contributed by atoms with Crippen molar-refractivity contribution in [3.8, 4) is 22.6 Å². The van der Waals surface area contributed by atoms with Gasteiger partial charge in [-0.1, -0.05) is 74.5 Å². The highest BCUT2D eigenvalue weighted by atomic mass is 14.9. The van der Waals surface area contributed by atoms with Crippen LogP contribution in [0, 0.1) is 6.92 Å². The van der Waals surface area contributed by atoms with E-state index in [4.69, 9.17) is 9.97 Å². The molecule has 0 N–H and O–H groups in total. The number of hydrogen-bond acceptors (Lipinski definition) is 2. The molecule has 0 saturated heterocycles. The van der Waals surface area contributed by atoms with Crippen LogP contribution in [0.5, 0.6) is 0 Å². The van der Waals surface area contributed by atoms with E-state index in [9.17, 15) is 0 Å². The Morgan fingerprint density at radius 3 is 1.82 bits per heavy atom. The first-order valence-corrected chi connectivity index (χ1v) is 7.66. The summed E-state index contributed by atoms with van der Waals surface area (Å²) in [5, 5.41) is 0. The molecule has 0 spiro atoms. The van der Waals surface area contributed by atoms with Gasteiger partial charge in [0.05, 0.1) is 11.4 Å². The number of hydrogen-bond donors (Lipinski definition) is 0. The van der Waals surface area contributed by atoms with Crippen molar-refractivity contribution in [2.45, 2.75) is 26.7 Å². The Labute approximate surface area is 131 Å². The highest BCUT2D eigenvalue weighted by molar-refractivity contribution is 5.67. The first-order valence-electron chi connectivity index (χ1n) is 7.66. The van der Waals surface area contributed by atoms with E-state index < -0.39 is 0 Å². The summed E-state index contributed by atoms with van der Waals surface area (Å²) in [7, 11) is 0. The maximum atomic E-state index is 4.84. The molecule has 22 heavy (non-hydrogen) atoms. The minimum absolute atomic E-state index is 0.368. The minimum atomic E-state index is 0.368. The van der Waals surface area contributed by atoms with E-state index in [1.165, 1.54) is 5.56 Å². The minimum Gasteiger partial charge on any atom is -0.232 e. The van der Waals surface area contributed by atoms with Crippen LogP contribution in [0.25, 0.3) is 22.6 Å². The van der Waals surface area contributed by atoms with Gasteiger partial charge in [-0.3, -0.25) is 0 Å². The fourth-order valence-electron chi connectivity index (χ4n) is 2.69. The maximum absolute atomic E-state index is 4.84. The Hall–Kier alpha value is -2.48. The molecule has 0 aliphatic carbocycles. The topological polar surface area (TPSA) is 25.8 Å². The van der Waals surface area contributed by atoms with Gasteiger partial charge in [0.1, 0.15) is 0 Å². The van der Waals surface area contributed by atoms with E-state index in [1.807, 2.05) is 36.4 Å². The fraction of sp³-hybridized carbons (Fsp3) is 0.200. The second kappa shape index (κ2) is 6.10. The molecule has 0 aliphatic heterocycles. The molecule has 0 aliphatic rings. The highest BCUT2D eigenvalue weighted by Crippen LogP contribution is 2.29. The number of benzene rings is 2. The predicted molar refractivity (Wildman–Crippen MR) is 91.7 cm³/mol. The van der Waals surface area contributed by atoms with Crippen molar-refractivity contribution in [1.82, 2.24) is 9.97 Å². The SMILES string of the molecule is Cc1c(-c2ccccc2)nc(-c2ccccc2)nc1C(C)C. The smallest absolute Gasteiger partial charge is 0.160 e. The van der Waals surface area contributed by atoms with Gasteiger partial charge < -0.3 is 0 Å². The second-order valence-electron chi connectivity index (χ2n) is 5.79. The molecule has 2 nitrogen and oxygen atoms in total. The van der Waals surface area contributed by atoms with Crippen LogP contribution in [0.4, 0.5) is 0 Å². The molecule has 110 valence electrons. The zero-order valence-electron chi connectivity index (χ0n) is 13.2. The summed E-state index contributed by atoms with van der Waals surface area (Å²) in [6.07, 6.45) is 0. The van der Waals surface area contributed by atoms with Gasteiger partial charge in [-0.15, -0.1) is 0 Å². The zero-order valence-corrected chi connectivity index (χ0v) is 13.2.